The minimum absolute atomic E-state index is 0.459. The van der Waals surface area contributed by atoms with Gasteiger partial charge in [0.2, 0.25) is 0 Å². The zero-order chi connectivity index (χ0) is 11.1. The molecular weight excluding hydrogens is 188 g/mol. The number of nitrogen functional groups attached to an aromatic ring is 1. The monoisotopic (exact) mass is 208 g/mol. The highest BCUT2D eigenvalue weighted by molar-refractivity contribution is 5.38. The fourth-order valence-electron chi connectivity index (χ4n) is 1.33. The van der Waals surface area contributed by atoms with E-state index in [4.69, 9.17) is 5.73 Å². The summed E-state index contributed by atoms with van der Waals surface area (Å²) in [6, 6.07) is 3.61. The molecule has 0 amide bonds. The van der Waals surface area contributed by atoms with E-state index >= 15 is 0 Å². The minimum Gasteiger partial charge on any atom is -0.382 e. The van der Waals surface area contributed by atoms with Crippen molar-refractivity contribution in [2.75, 3.05) is 17.6 Å². The van der Waals surface area contributed by atoms with Crippen LogP contribution in [0.4, 0.5) is 11.6 Å². The lowest BCUT2D eigenvalue weighted by Gasteiger charge is -2.06. The molecular formula is C11H20N4. The Kier molecular flexibility index (Phi) is 4.87. The van der Waals surface area contributed by atoms with Crippen LogP contribution in [0.15, 0.2) is 12.1 Å². The molecule has 84 valence electrons. The summed E-state index contributed by atoms with van der Waals surface area (Å²) in [5, 5.41) is 10.9. The molecule has 0 unspecified atom stereocenters. The molecule has 0 atom stereocenters. The van der Waals surface area contributed by atoms with Gasteiger partial charge in [-0.15, -0.1) is 10.2 Å². The average Bonchev–Trinajstić information content (AvgIpc) is 2.20. The van der Waals surface area contributed by atoms with Gasteiger partial charge in [0.15, 0.2) is 0 Å². The number of nitrogens with zero attached hydrogens (tertiary/aromatic N) is 2. The lowest BCUT2D eigenvalue weighted by atomic mass is 10.1. The first-order valence-electron chi connectivity index (χ1n) is 5.51. The molecule has 3 N–H and O–H groups in total. The summed E-state index contributed by atoms with van der Waals surface area (Å²) in [5.41, 5.74) is 5.43. The molecule has 0 radical (unpaired) electrons. The first kappa shape index (κ1) is 11.8. The quantitative estimate of drug-likeness (QED) is 0.704. The maximum absolute atomic E-state index is 5.43. The first-order chi connectivity index (χ1) is 7.18. The smallest absolute Gasteiger partial charge is 0.148 e. The van der Waals surface area contributed by atoms with Crippen molar-refractivity contribution in [1.29, 1.82) is 0 Å². The fourth-order valence-corrected chi connectivity index (χ4v) is 1.33. The largest absolute Gasteiger partial charge is 0.382 e. The Morgan fingerprint density at radius 3 is 2.67 bits per heavy atom. The van der Waals surface area contributed by atoms with E-state index in [1.54, 1.807) is 6.07 Å². The van der Waals surface area contributed by atoms with Crippen LogP contribution >= 0.6 is 0 Å². The van der Waals surface area contributed by atoms with Gasteiger partial charge in [-0.1, -0.05) is 26.7 Å². The van der Waals surface area contributed by atoms with Crippen LogP contribution in [-0.2, 0) is 0 Å². The van der Waals surface area contributed by atoms with Gasteiger partial charge in [-0.05, 0) is 24.5 Å². The summed E-state index contributed by atoms with van der Waals surface area (Å²) in [7, 11) is 0. The van der Waals surface area contributed by atoms with Gasteiger partial charge in [-0.3, -0.25) is 0 Å². The Labute approximate surface area is 91.3 Å². The van der Waals surface area contributed by atoms with E-state index in [1.807, 2.05) is 6.07 Å². The molecule has 0 aliphatic carbocycles. The average molecular weight is 208 g/mol. The fraction of sp³-hybridized carbons (Fsp3) is 0.636. The van der Waals surface area contributed by atoms with Crippen molar-refractivity contribution >= 4 is 11.6 Å². The minimum atomic E-state index is 0.459. The third-order valence-corrected chi connectivity index (χ3v) is 2.20. The van der Waals surface area contributed by atoms with E-state index in [-0.39, 0.29) is 0 Å². The maximum Gasteiger partial charge on any atom is 0.148 e. The van der Waals surface area contributed by atoms with Gasteiger partial charge in [0, 0.05) is 6.54 Å². The van der Waals surface area contributed by atoms with E-state index in [0.717, 1.165) is 18.3 Å². The predicted octanol–water partition coefficient (Wildman–Crippen LogP) is 2.30. The summed E-state index contributed by atoms with van der Waals surface area (Å²) in [5.74, 6) is 2.05. The van der Waals surface area contributed by atoms with Crippen LogP contribution in [-0.4, -0.2) is 16.7 Å². The van der Waals surface area contributed by atoms with Crippen molar-refractivity contribution in [2.45, 2.75) is 33.1 Å². The van der Waals surface area contributed by atoms with E-state index in [2.05, 4.69) is 29.4 Å². The summed E-state index contributed by atoms with van der Waals surface area (Å²) >= 11 is 0. The zero-order valence-electron chi connectivity index (χ0n) is 9.53. The van der Waals surface area contributed by atoms with Crippen LogP contribution in [0.1, 0.15) is 33.1 Å². The highest BCUT2D eigenvalue weighted by atomic mass is 15.2. The lowest BCUT2D eigenvalue weighted by molar-refractivity contribution is 0.544. The molecule has 1 aromatic rings. The van der Waals surface area contributed by atoms with Crippen LogP contribution < -0.4 is 11.1 Å². The second-order valence-corrected chi connectivity index (χ2v) is 4.16. The van der Waals surface area contributed by atoms with Crippen LogP contribution in [0.25, 0.3) is 0 Å². The summed E-state index contributed by atoms with van der Waals surface area (Å²) < 4.78 is 0. The number of rotatable bonds is 6. The number of unbranched alkanes of at least 4 members (excludes halogenated alkanes) is 1. The molecule has 0 aliphatic heterocycles. The number of nitrogens with two attached hydrogens (primary N) is 1. The maximum atomic E-state index is 5.43. The topological polar surface area (TPSA) is 63.8 Å². The van der Waals surface area contributed by atoms with Gasteiger partial charge in [0.05, 0.1) is 0 Å². The molecule has 0 aliphatic rings. The van der Waals surface area contributed by atoms with Gasteiger partial charge in [0.1, 0.15) is 11.6 Å². The predicted molar refractivity (Wildman–Crippen MR) is 63.6 cm³/mol. The Morgan fingerprint density at radius 2 is 2.07 bits per heavy atom. The van der Waals surface area contributed by atoms with Crippen molar-refractivity contribution < 1.29 is 0 Å². The highest BCUT2D eigenvalue weighted by Gasteiger charge is 1.96. The number of anilines is 2. The number of hydrogen-bond donors (Lipinski definition) is 2. The zero-order valence-corrected chi connectivity index (χ0v) is 9.53. The molecule has 15 heavy (non-hydrogen) atoms. The Bertz CT molecular complexity index is 268. The third kappa shape index (κ3) is 5.20. The first-order valence-corrected chi connectivity index (χ1v) is 5.51. The molecule has 0 aromatic carbocycles. The third-order valence-electron chi connectivity index (χ3n) is 2.20. The van der Waals surface area contributed by atoms with Gasteiger partial charge in [-0.25, -0.2) is 0 Å². The molecule has 1 rings (SSSR count). The second kappa shape index (κ2) is 6.22. The molecule has 1 heterocycles. The molecule has 0 spiro atoms. The van der Waals surface area contributed by atoms with Gasteiger partial charge in [0.25, 0.3) is 0 Å². The SMILES string of the molecule is CC(C)CCCCNc1ccc(N)nn1. The lowest BCUT2D eigenvalue weighted by Crippen LogP contribution is -2.05. The summed E-state index contributed by atoms with van der Waals surface area (Å²) in [4.78, 5) is 0. The van der Waals surface area contributed by atoms with Gasteiger partial charge >= 0.3 is 0 Å². The normalized spacial score (nSPS) is 10.6. The van der Waals surface area contributed by atoms with Gasteiger partial charge < -0.3 is 11.1 Å². The van der Waals surface area contributed by atoms with Crippen LogP contribution in [0.3, 0.4) is 0 Å². The Hall–Kier alpha value is -1.32. The van der Waals surface area contributed by atoms with Crippen LogP contribution in [0, 0.1) is 5.92 Å². The van der Waals surface area contributed by atoms with Crippen molar-refractivity contribution in [3.05, 3.63) is 12.1 Å². The van der Waals surface area contributed by atoms with E-state index in [9.17, 15) is 0 Å². The number of nitrogens with one attached hydrogen (secondary N) is 1. The highest BCUT2D eigenvalue weighted by Crippen LogP contribution is 2.07. The molecule has 1 aromatic heterocycles. The number of hydrogen-bond acceptors (Lipinski definition) is 4. The van der Waals surface area contributed by atoms with Crippen molar-refractivity contribution in [3.8, 4) is 0 Å². The molecule has 4 heteroatoms. The van der Waals surface area contributed by atoms with E-state index < -0.39 is 0 Å². The molecule has 0 saturated heterocycles. The van der Waals surface area contributed by atoms with Crippen molar-refractivity contribution in [2.24, 2.45) is 5.92 Å². The summed E-state index contributed by atoms with van der Waals surface area (Å²) in [6.07, 6.45) is 3.71. The van der Waals surface area contributed by atoms with Crippen LogP contribution in [0.5, 0.6) is 0 Å². The van der Waals surface area contributed by atoms with Gasteiger partial charge in [-0.2, -0.15) is 0 Å². The van der Waals surface area contributed by atoms with E-state index in [1.165, 1.54) is 19.3 Å². The van der Waals surface area contributed by atoms with Crippen molar-refractivity contribution in [1.82, 2.24) is 10.2 Å². The molecule has 0 fully saturated rings. The van der Waals surface area contributed by atoms with Crippen molar-refractivity contribution in [3.63, 3.8) is 0 Å². The Balaban J connectivity index is 2.12. The summed E-state index contributed by atoms with van der Waals surface area (Å²) in [6.45, 7) is 5.45. The molecule has 0 bridgehead atoms. The molecule has 0 saturated carbocycles. The standard InChI is InChI=1S/C11H20N4/c1-9(2)5-3-4-8-13-11-7-6-10(12)14-15-11/h6-7,9H,3-5,8H2,1-2H3,(H2,12,14)(H,13,15). The Morgan fingerprint density at radius 1 is 1.27 bits per heavy atom. The molecule has 4 nitrogen and oxygen atoms in total. The second-order valence-electron chi connectivity index (χ2n) is 4.16. The number of aromatic nitrogens is 2. The van der Waals surface area contributed by atoms with E-state index in [0.29, 0.717) is 5.82 Å². The van der Waals surface area contributed by atoms with Crippen LogP contribution in [0.2, 0.25) is 0 Å².